The number of hydrogen-bond acceptors (Lipinski definition) is 3. The molecule has 1 unspecified atom stereocenters. The number of hydrogen-bond donors (Lipinski definition) is 1. The third kappa shape index (κ3) is 3.00. The third-order valence-corrected chi connectivity index (χ3v) is 2.41. The lowest BCUT2D eigenvalue weighted by molar-refractivity contribution is -0.0267. The maximum absolute atomic E-state index is 9.91. The molecule has 0 bridgehead atoms. The van der Waals surface area contributed by atoms with Gasteiger partial charge in [-0.05, 0) is 25.0 Å². The minimum atomic E-state index is -0.796. The molecule has 0 fully saturated rings. The van der Waals surface area contributed by atoms with Gasteiger partial charge in [-0.2, -0.15) is 0 Å². The molecule has 3 nitrogen and oxygen atoms in total. The van der Waals surface area contributed by atoms with Crippen LogP contribution in [0.1, 0.15) is 20.8 Å². The van der Waals surface area contributed by atoms with Crippen molar-refractivity contribution < 1.29 is 9.84 Å². The van der Waals surface area contributed by atoms with Gasteiger partial charge in [-0.1, -0.05) is 13.8 Å². The van der Waals surface area contributed by atoms with E-state index in [0.717, 1.165) is 0 Å². The molecule has 78 valence electrons. The molecule has 1 atom stereocenters. The van der Waals surface area contributed by atoms with Crippen LogP contribution in [0.15, 0.2) is 24.5 Å². The molecule has 0 aliphatic rings. The second-order valence-corrected chi connectivity index (χ2v) is 3.99. The average molecular weight is 195 g/mol. The van der Waals surface area contributed by atoms with E-state index < -0.39 is 5.60 Å². The molecule has 0 amide bonds. The van der Waals surface area contributed by atoms with Gasteiger partial charge in [0.1, 0.15) is 12.4 Å². The van der Waals surface area contributed by atoms with Crippen molar-refractivity contribution in [2.24, 2.45) is 5.92 Å². The molecule has 0 saturated carbocycles. The number of nitrogens with zero attached hydrogens (tertiary/aromatic N) is 1. The van der Waals surface area contributed by atoms with Crippen molar-refractivity contribution in [2.75, 3.05) is 6.61 Å². The van der Waals surface area contributed by atoms with Crippen molar-refractivity contribution in [1.29, 1.82) is 0 Å². The Hall–Kier alpha value is -1.09. The third-order valence-electron chi connectivity index (χ3n) is 2.41. The predicted molar refractivity (Wildman–Crippen MR) is 55.2 cm³/mol. The lowest BCUT2D eigenvalue weighted by Crippen LogP contribution is -2.37. The summed E-state index contributed by atoms with van der Waals surface area (Å²) in [7, 11) is 0. The summed E-state index contributed by atoms with van der Waals surface area (Å²) in [5.74, 6) is 0.854. The molecule has 0 aliphatic carbocycles. The second-order valence-electron chi connectivity index (χ2n) is 3.99. The molecule has 1 N–H and O–H groups in total. The van der Waals surface area contributed by atoms with Crippen molar-refractivity contribution >= 4 is 0 Å². The van der Waals surface area contributed by atoms with E-state index in [1.807, 2.05) is 19.9 Å². The molecule has 0 aromatic carbocycles. The van der Waals surface area contributed by atoms with Crippen LogP contribution in [0.4, 0.5) is 0 Å². The number of aliphatic hydroxyl groups is 1. The van der Waals surface area contributed by atoms with Crippen LogP contribution in [-0.4, -0.2) is 22.3 Å². The standard InChI is InChI=1S/C11H17NO2/c1-9(2)11(3,13)8-14-10-5-4-6-12-7-10/h4-7,9,13H,8H2,1-3H3. The number of aromatic nitrogens is 1. The van der Waals surface area contributed by atoms with Crippen molar-refractivity contribution in [3.8, 4) is 5.75 Å². The Labute approximate surface area is 84.7 Å². The molecule has 0 spiro atoms. The van der Waals surface area contributed by atoms with Gasteiger partial charge in [-0.25, -0.2) is 0 Å². The second kappa shape index (κ2) is 4.42. The van der Waals surface area contributed by atoms with Crippen LogP contribution in [0.25, 0.3) is 0 Å². The van der Waals surface area contributed by atoms with E-state index in [4.69, 9.17) is 4.74 Å². The van der Waals surface area contributed by atoms with Crippen LogP contribution < -0.4 is 4.74 Å². The van der Waals surface area contributed by atoms with E-state index in [0.29, 0.717) is 5.75 Å². The summed E-state index contributed by atoms with van der Waals surface area (Å²) in [6.07, 6.45) is 3.32. The molecule has 3 heteroatoms. The highest BCUT2D eigenvalue weighted by molar-refractivity contribution is 5.15. The zero-order chi connectivity index (χ0) is 10.6. The fraction of sp³-hybridized carbons (Fsp3) is 0.545. The first kappa shape index (κ1) is 11.0. The van der Waals surface area contributed by atoms with Crippen molar-refractivity contribution in [3.63, 3.8) is 0 Å². The summed E-state index contributed by atoms with van der Waals surface area (Å²) in [6, 6.07) is 3.63. The van der Waals surface area contributed by atoms with E-state index in [9.17, 15) is 5.11 Å². The fourth-order valence-electron chi connectivity index (χ4n) is 0.829. The van der Waals surface area contributed by atoms with E-state index in [1.54, 1.807) is 25.4 Å². The number of rotatable bonds is 4. The Morgan fingerprint density at radius 1 is 1.57 bits per heavy atom. The Morgan fingerprint density at radius 3 is 2.79 bits per heavy atom. The first-order chi connectivity index (χ1) is 6.52. The topological polar surface area (TPSA) is 42.4 Å². The summed E-state index contributed by atoms with van der Waals surface area (Å²) >= 11 is 0. The SMILES string of the molecule is CC(C)C(C)(O)COc1cccnc1. The van der Waals surface area contributed by atoms with Crippen LogP contribution in [-0.2, 0) is 0 Å². The van der Waals surface area contributed by atoms with Gasteiger partial charge in [0.15, 0.2) is 0 Å². The zero-order valence-electron chi connectivity index (χ0n) is 8.90. The Morgan fingerprint density at radius 2 is 2.29 bits per heavy atom. The average Bonchev–Trinajstić information content (AvgIpc) is 2.16. The van der Waals surface area contributed by atoms with E-state index in [2.05, 4.69) is 4.98 Å². The molecular formula is C11H17NO2. The summed E-state index contributed by atoms with van der Waals surface area (Å²) in [5.41, 5.74) is -0.796. The minimum absolute atomic E-state index is 0.166. The normalized spacial score (nSPS) is 15.2. The van der Waals surface area contributed by atoms with Gasteiger partial charge in [-0.3, -0.25) is 4.98 Å². The first-order valence-electron chi connectivity index (χ1n) is 4.77. The molecule has 0 saturated heterocycles. The van der Waals surface area contributed by atoms with Gasteiger partial charge in [0.2, 0.25) is 0 Å². The van der Waals surface area contributed by atoms with Gasteiger partial charge in [0, 0.05) is 6.20 Å². The maximum Gasteiger partial charge on any atom is 0.137 e. The van der Waals surface area contributed by atoms with Crippen LogP contribution in [0.5, 0.6) is 5.75 Å². The van der Waals surface area contributed by atoms with Crippen molar-refractivity contribution in [2.45, 2.75) is 26.4 Å². The highest BCUT2D eigenvalue weighted by Crippen LogP contribution is 2.18. The Kier molecular flexibility index (Phi) is 3.47. The van der Waals surface area contributed by atoms with Crippen LogP contribution in [0, 0.1) is 5.92 Å². The van der Waals surface area contributed by atoms with Crippen molar-refractivity contribution in [1.82, 2.24) is 4.98 Å². The van der Waals surface area contributed by atoms with Gasteiger partial charge < -0.3 is 9.84 Å². The Bertz CT molecular complexity index is 270. The van der Waals surface area contributed by atoms with Gasteiger partial charge >= 0.3 is 0 Å². The molecule has 1 rings (SSSR count). The molecule has 14 heavy (non-hydrogen) atoms. The quantitative estimate of drug-likeness (QED) is 0.797. The number of ether oxygens (including phenoxy) is 1. The molecular weight excluding hydrogens is 178 g/mol. The van der Waals surface area contributed by atoms with Gasteiger partial charge in [-0.15, -0.1) is 0 Å². The van der Waals surface area contributed by atoms with Crippen LogP contribution in [0.3, 0.4) is 0 Å². The first-order valence-corrected chi connectivity index (χ1v) is 4.77. The monoisotopic (exact) mass is 195 g/mol. The zero-order valence-corrected chi connectivity index (χ0v) is 8.90. The fourth-order valence-corrected chi connectivity index (χ4v) is 0.829. The molecule has 0 aliphatic heterocycles. The van der Waals surface area contributed by atoms with Crippen LogP contribution in [0.2, 0.25) is 0 Å². The van der Waals surface area contributed by atoms with Gasteiger partial charge in [0.05, 0.1) is 11.8 Å². The minimum Gasteiger partial charge on any atom is -0.489 e. The molecule has 1 aromatic rings. The Balaban J connectivity index is 2.49. The smallest absolute Gasteiger partial charge is 0.137 e. The summed E-state index contributed by atoms with van der Waals surface area (Å²) in [6.45, 7) is 5.99. The maximum atomic E-state index is 9.91. The van der Waals surface area contributed by atoms with Crippen LogP contribution >= 0.6 is 0 Å². The van der Waals surface area contributed by atoms with Crippen molar-refractivity contribution in [3.05, 3.63) is 24.5 Å². The van der Waals surface area contributed by atoms with E-state index in [1.165, 1.54) is 0 Å². The number of pyridine rings is 1. The predicted octanol–water partition coefficient (Wildman–Crippen LogP) is 1.87. The molecule has 1 aromatic heterocycles. The molecule has 1 heterocycles. The largest absolute Gasteiger partial charge is 0.489 e. The summed E-state index contributed by atoms with van der Waals surface area (Å²) in [4.78, 5) is 3.92. The summed E-state index contributed by atoms with van der Waals surface area (Å²) in [5, 5.41) is 9.91. The van der Waals surface area contributed by atoms with E-state index in [-0.39, 0.29) is 12.5 Å². The highest BCUT2D eigenvalue weighted by atomic mass is 16.5. The van der Waals surface area contributed by atoms with E-state index >= 15 is 0 Å². The van der Waals surface area contributed by atoms with Gasteiger partial charge in [0.25, 0.3) is 0 Å². The lowest BCUT2D eigenvalue weighted by atomic mass is 9.94. The highest BCUT2D eigenvalue weighted by Gasteiger charge is 2.25. The lowest BCUT2D eigenvalue weighted by Gasteiger charge is -2.27. The summed E-state index contributed by atoms with van der Waals surface area (Å²) < 4.78 is 5.42. The molecule has 0 radical (unpaired) electrons.